The minimum atomic E-state index is -3.38. The second-order valence-electron chi connectivity index (χ2n) is 4.67. The van der Waals surface area contributed by atoms with Gasteiger partial charge < -0.3 is 9.47 Å². The van der Waals surface area contributed by atoms with E-state index in [4.69, 9.17) is 14.6 Å². The molecule has 1 atom stereocenters. The summed E-state index contributed by atoms with van der Waals surface area (Å²) in [5.74, 6) is 1.55. The first-order valence-corrected chi connectivity index (χ1v) is 8.80. The molecule has 0 aliphatic rings. The van der Waals surface area contributed by atoms with Gasteiger partial charge in [-0.2, -0.15) is 0 Å². The fourth-order valence-corrected chi connectivity index (χ4v) is 2.86. The van der Waals surface area contributed by atoms with Crippen molar-refractivity contribution in [3.63, 3.8) is 0 Å². The molecule has 0 aromatic heterocycles. The van der Waals surface area contributed by atoms with Crippen LogP contribution in [0.2, 0.25) is 0 Å². The maximum Gasteiger partial charge on any atom is 0.209 e. The Labute approximate surface area is 128 Å². The standard InChI is InChI=1S/C13H20BrNO4S/c1-10(7-9-20(15,16)17)6-8-19-13-11(14)4-3-5-12(13)18-2/h3-5,10H,6-9H2,1-2H3,(H2,15,16,17). The molecule has 0 saturated carbocycles. The van der Waals surface area contributed by atoms with E-state index in [-0.39, 0.29) is 11.7 Å². The number of rotatable bonds is 8. The maximum atomic E-state index is 10.9. The summed E-state index contributed by atoms with van der Waals surface area (Å²) in [6, 6.07) is 5.57. The fraction of sp³-hybridized carbons (Fsp3) is 0.538. The predicted molar refractivity (Wildman–Crippen MR) is 82.6 cm³/mol. The minimum absolute atomic E-state index is 0.00647. The van der Waals surface area contributed by atoms with E-state index < -0.39 is 10.0 Å². The molecule has 0 saturated heterocycles. The van der Waals surface area contributed by atoms with Crippen LogP contribution in [0.1, 0.15) is 19.8 Å². The van der Waals surface area contributed by atoms with Crippen LogP contribution in [0.5, 0.6) is 11.5 Å². The first kappa shape index (κ1) is 17.3. The van der Waals surface area contributed by atoms with Crippen molar-refractivity contribution < 1.29 is 17.9 Å². The van der Waals surface area contributed by atoms with Crippen LogP contribution in [0.3, 0.4) is 0 Å². The lowest BCUT2D eigenvalue weighted by molar-refractivity contribution is 0.265. The van der Waals surface area contributed by atoms with E-state index in [9.17, 15) is 8.42 Å². The Morgan fingerprint density at radius 3 is 2.65 bits per heavy atom. The van der Waals surface area contributed by atoms with Crippen molar-refractivity contribution in [2.45, 2.75) is 19.8 Å². The number of methoxy groups -OCH3 is 1. The van der Waals surface area contributed by atoms with Gasteiger partial charge in [0.25, 0.3) is 0 Å². The second-order valence-corrected chi connectivity index (χ2v) is 7.26. The molecule has 1 unspecified atom stereocenters. The summed E-state index contributed by atoms with van der Waals surface area (Å²) >= 11 is 3.41. The summed E-state index contributed by atoms with van der Waals surface area (Å²) in [6.45, 7) is 2.47. The van der Waals surface area contributed by atoms with Crippen molar-refractivity contribution in [2.75, 3.05) is 19.5 Å². The Morgan fingerprint density at radius 1 is 1.35 bits per heavy atom. The van der Waals surface area contributed by atoms with Crippen LogP contribution in [-0.4, -0.2) is 27.9 Å². The molecule has 7 heteroatoms. The van der Waals surface area contributed by atoms with Crippen LogP contribution < -0.4 is 14.6 Å². The van der Waals surface area contributed by atoms with Crippen molar-refractivity contribution in [1.29, 1.82) is 0 Å². The zero-order valence-electron chi connectivity index (χ0n) is 11.6. The number of halogens is 1. The topological polar surface area (TPSA) is 78.6 Å². The third kappa shape index (κ3) is 6.11. The largest absolute Gasteiger partial charge is 0.493 e. The molecule has 1 rings (SSSR count). The molecular weight excluding hydrogens is 346 g/mol. The highest BCUT2D eigenvalue weighted by atomic mass is 79.9. The van der Waals surface area contributed by atoms with Gasteiger partial charge in [-0.1, -0.05) is 13.0 Å². The summed E-state index contributed by atoms with van der Waals surface area (Å²) in [5, 5.41) is 4.98. The molecular formula is C13H20BrNO4S. The zero-order valence-corrected chi connectivity index (χ0v) is 14.0. The normalized spacial score (nSPS) is 13.0. The van der Waals surface area contributed by atoms with Crippen LogP contribution in [0.4, 0.5) is 0 Å². The van der Waals surface area contributed by atoms with Gasteiger partial charge in [-0.05, 0) is 46.8 Å². The van der Waals surface area contributed by atoms with Gasteiger partial charge in [0.1, 0.15) is 0 Å². The van der Waals surface area contributed by atoms with Crippen molar-refractivity contribution in [2.24, 2.45) is 11.1 Å². The van der Waals surface area contributed by atoms with Gasteiger partial charge in [0.2, 0.25) is 10.0 Å². The minimum Gasteiger partial charge on any atom is -0.493 e. The molecule has 114 valence electrons. The number of primary sulfonamides is 1. The molecule has 0 aliphatic heterocycles. The highest BCUT2D eigenvalue weighted by Gasteiger charge is 2.11. The summed E-state index contributed by atoms with van der Waals surface area (Å²) < 4.78 is 33.5. The third-order valence-corrected chi connectivity index (χ3v) is 4.33. The van der Waals surface area contributed by atoms with E-state index in [0.717, 1.165) is 10.9 Å². The maximum absolute atomic E-state index is 10.9. The smallest absolute Gasteiger partial charge is 0.209 e. The number of ether oxygens (including phenoxy) is 2. The molecule has 0 heterocycles. The molecule has 1 aromatic rings. The van der Waals surface area contributed by atoms with E-state index in [0.29, 0.717) is 24.5 Å². The number of nitrogens with two attached hydrogens (primary N) is 1. The number of hydrogen-bond acceptors (Lipinski definition) is 4. The van der Waals surface area contributed by atoms with Crippen molar-refractivity contribution in [3.05, 3.63) is 22.7 Å². The molecule has 0 bridgehead atoms. The average molecular weight is 366 g/mol. The van der Waals surface area contributed by atoms with Crippen LogP contribution in [-0.2, 0) is 10.0 Å². The Balaban J connectivity index is 2.45. The lowest BCUT2D eigenvalue weighted by Crippen LogP contribution is -2.18. The number of para-hydroxylation sites is 1. The van der Waals surface area contributed by atoms with E-state index >= 15 is 0 Å². The highest BCUT2D eigenvalue weighted by molar-refractivity contribution is 9.10. The lowest BCUT2D eigenvalue weighted by atomic mass is 10.1. The molecule has 20 heavy (non-hydrogen) atoms. The van der Waals surface area contributed by atoms with Crippen LogP contribution >= 0.6 is 15.9 Å². The Bertz CT molecular complexity index is 533. The SMILES string of the molecule is COc1cccc(Br)c1OCCC(C)CCS(N)(=O)=O. The molecule has 0 amide bonds. The predicted octanol–water partition coefficient (Wildman–Crippen LogP) is 2.54. The van der Waals surface area contributed by atoms with E-state index in [1.54, 1.807) is 7.11 Å². The molecule has 0 spiro atoms. The first-order chi connectivity index (χ1) is 9.33. The van der Waals surface area contributed by atoms with Crippen molar-refractivity contribution >= 4 is 26.0 Å². The molecule has 0 fully saturated rings. The molecule has 0 radical (unpaired) electrons. The zero-order chi connectivity index (χ0) is 15.2. The second kappa shape index (κ2) is 7.85. The molecule has 1 aromatic carbocycles. The average Bonchev–Trinajstić information content (AvgIpc) is 2.37. The summed E-state index contributed by atoms with van der Waals surface area (Å²) in [7, 11) is -1.80. The Hall–Kier alpha value is -0.790. The van der Waals surface area contributed by atoms with E-state index in [1.807, 2.05) is 25.1 Å². The number of hydrogen-bond donors (Lipinski definition) is 1. The van der Waals surface area contributed by atoms with Crippen LogP contribution in [0.25, 0.3) is 0 Å². The van der Waals surface area contributed by atoms with Crippen LogP contribution in [0.15, 0.2) is 22.7 Å². The van der Waals surface area contributed by atoms with Gasteiger partial charge in [-0.3, -0.25) is 0 Å². The summed E-state index contributed by atoms with van der Waals surface area (Å²) in [4.78, 5) is 0. The molecule has 2 N–H and O–H groups in total. The highest BCUT2D eigenvalue weighted by Crippen LogP contribution is 2.35. The van der Waals surface area contributed by atoms with Crippen molar-refractivity contribution in [1.82, 2.24) is 0 Å². The van der Waals surface area contributed by atoms with Gasteiger partial charge in [0.05, 0.1) is 23.9 Å². The molecule has 0 aliphatic carbocycles. The van der Waals surface area contributed by atoms with E-state index in [1.165, 1.54) is 0 Å². The lowest BCUT2D eigenvalue weighted by Gasteiger charge is -2.14. The van der Waals surface area contributed by atoms with Crippen LogP contribution in [0, 0.1) is 5.92 Å². The van der Waals surface area contributed by atoms with Crippen molar-refractivity contribution in [3.8, 4) is 11.5 Å². The summed E-state index contributed by atoms with van der Waals surface area (Å²) in [5.41, 5.74) is 0. The monoisotopic (exact) mass is 365 g/mol. The van der Waals surface area contributed by atoms with Gasteiger partial charge in [0, 0.05) is 0 Å². The Morgan fingerprint density at radius 2 is 2.05 bits per heavy atom. The quantitative estimate of drug-likeness (QED) is 0.767. The van der Waals surface area contributed by atoms with Gasteiger partial charge in [-0.15, -0.1) is 0 Å². The summed E-state index contributed by atoms with van der Waals surface area (Å²) in [6.07, 6.45) is 1.29. The van der Waals surface area contributed by atoms with E-state index in [2.05, 4.69) is 15.9 Å². The first-order valence-electron chi connectivity index (χ1n) is 6.29. The number of sulfonamides is 1. The third-order valence-electron chi connectivity index (χ3n) is 2.90. The fourth-order valence-electron chi connectivity index (χ4n) is 1.66. The Kier molecular flexibility index (Phi) is 6.78. The van der Waals surface area contributed by atoms with Gasteiger partial charge in [-0.25, -0.2) is 13.6 Å². The van der Waals surface area contributed by atoms with Gasteiger partial charge in [0.15, 0.2) is 11.5 Å². The molecule has 5 nitrogen and oxygen atoms in total. The number of benzene rings is 1. The van der Waals surface area contributed by atoms with Gasteiger partial charge >= 0.3 is 0 Å².